The molecule has 0 unspecified atom stereocenters. The maximum Gasteiger partial charge on any atom is 0.256 e. The van der Waals surface area contributed by atoms with Crippen LogP contribution in [0.25, 0.3) is 10.9 Å². The summed E-state index contributed by atoms with van der Waals surface area (Å²) in [6.45, 7) is 4.84. The number of benzene rings is 1. The number of pyridine rings is 1. The molecule has 1 amide bonds. The van der Waals surface area contributed by atoms with E-state index >= 15 is 0 Å². The fourth-order valence-electron chi connectivity index (χ4n) is 2.99. The van der Waals surface area contributed by atoms with Crippen molar-refractivity contribution in [3.63, 3.8) is 0 Å². The van der Waals surface area contributed by atoms with Gasteiger partial charge in [-0.3, -0.25) is 14.5 Å². The SMILES string of the molecule is COc1cccc2c(=O)c(C(=O)NCCCN3CCOCC3)c[nH]c12. The van der Waals surface area contributed by atoms with Gasteiger partial charge in [0.05, 0.1) is 31.2 Å². The number of carbonyl (C=O) groups excluding carboxylic acids is 1. The molecular weight excluding hydrogens is 322 g/mol. The molecule has 1 aliphatic heterocycles. The third-order valence-corrected chi connectivity index (χ3v) is 4.38. The van der Waals surface area contributed by atoms with E-state index in [0.717, 1.165) is 39.3 Å². The zero-order valence-corrected chi connectivity index (χ0v) is 14.3. The highest BCUT2D eigenvalue weighted by molar-refractivity contribution is 5.97. The Morgan fingerprint density at radius 1 is 1.36 bits per heavy atom. The summed E-state index contributed by atoms with van der Waals surface area (Å²) < 4.78 is 10.5. The van der Waals surface area contributed by atoms with Crippen LogP contribution in [-0.2, 0) is 4.74 Å². The van der Waals surface area contributed by atoms with Crippen LogP contribution in [0.1, 0.15) is 16.8 Å². The van der Waals surface area contributed by atoms with E-state index in [2.05, 4.69) is 15.2 Å². The van der Waals surface area contributed by atoms with Gasteiger partial charge in [0.15, 0.2) is 0 Å². The number of carbonyl (C=O) groups is 1. The number of fused-ring (bicyclic) bond motifs is 1. The number of ether oxygens (including phenoxy) is 2. The minimum absolute atomic E-state index is 0.118. The van der Waals surface area contributed by atoms with Gasteiger partial charge >= 0.3 is 0 Å². The van der Waals surface area contributed by atoms with Crippen molar-refractivity contribution in [2.24, 2.45) is 0 Å². The maximum absolute atomic E-state index is 12.6. The maximum atomic E-state index is 12.6. The zero-order valence-electron chi connectivity index (χ0n) is 14.3. The molecule has 1 saturated heterocycles. The Bertz CT molecular complexity index is 796. The summed E-state index contributed by atoms with van der Waals surface area (Å²) in [4.78, 5) is 30.2. The van der Waals surface area contributed by atoms with E-state index < -0.39 is 0 Å². The molecule has 0 spiro atoms. The van der Waals surface area contributed by atoms with E-state index in [-0.39, 0.29) is 16.9 Å². The van der Waals surface area contributed by atoms with Crippen molar-refractivity contribution in [1.82, 2.24) is 15.2 Å². The van der Waals surface area contributed by atoms with Crippen molar-refractivity contribution >= 4 is 16.8 Å². The number of nitrogens with zero attached hydrogens (tertiary/aromatic N) is 1. The second kappa shape index (κ2) is 8.13. The lowest BCUT2D eigenvalue weighted by Crippen LogP contribution is -2.38. The number of hydrogen-bond acceptors (Lipinski definition) is 5. The summed E-state index contributed by atoms with van der Waals surface area (Å²) in [6, 6.07) is 5.19. The molecular formula is C18H23N3O4. The van der Waals surface area contributed by atoms with Gasteiger partial charge < -0.3 is 19.8 Å². The molecule has 0 radical (unpaired) electrons. The van der Waals surface area contributed by atoms with Gasteiger partial charge in [-0.25, -0.2) is 0 Å². The molecule has 2 aromatic rings. The number of hydrogen-bond donors (Lipinski definition) is 2. The third kappa shape index (κ3) is 4.00. The molecule has 1 aliphatic rings. The standard InChI is InChI=1S/C18H23N3O4/c1-24-15-5-2-4-13-16(15)20-12-14(17(13)22)18(23)19-6-3-7-21-8-10-25-11-9-21/h2,4-5,12H,3,6-11H2,1H3,(H,19,23)(H,20,22). The largest absolute Gasteiger partial charge is 0.495 e. The second-order valence-electron chi connectivity index (χ2n) is 5.98. The van der Waals surface area contributed by atoms with Crippen molar-refractivity contribution in [2.75, 3.05) is 46.5 Å². The molecule has 7 heteroatoms. The lowest BCUT2D eigenvalue weighted by atomic mass is 10.1. The quantitative estimate of drug-likeness (QED) is 0.763. The minimum atomic E-state index is -0.354. The first-order valence-electron chi connectivity index (χ1n) is 8.47. The summed E-state index contributed by atoms with van der Waals surface area (Å²) in [5.74, 6) is 0.222. The Labute approximate surface area is 145 Å². The molecule has 0 bridgehead atoms. The summed E-state index contributed by atoms with van der Waals surface area (Å²) in [5, 5.41) is 3.27. The highest BCUT2D eigenvalue weighted by Crippen LogP contribution is 2.20. The van der Waals surface area contributed by atoms with E-state index in [1.807, 2.05) is 0 Å². The second-order valence-corrected chi connectivity index (χ2v) is 5.98. The lowest BCUT2D eigenvalue weighted by molar-refractivity contribution is 0.0374. The van der Waals surface area contributed by atoms with Crippen LogP contribution < -0.4 is 15.5 Å². The minimum Gasteiger partial charge on any atom is -0.495 e. The van der Waals surface area contributed by atoms with Crippen LogP contribution in [0.15, 0.2) is 29.2 Å². The van der Waals surface area contributed by atoms with E-state index in [1.54, 1.807) is 25.3 Å². The summed E-state index contributed by atoms with van der Waals surface area (Å²) in [7, 11) is 1.54. The number of aromatic amines is 1. The van der Waals surface area contributed by atoms with Crippen molar-refractivity contribution in [3.05, 3.63) is 40.2 Å². The molecule has 0 atom stereocenters. The Hall–Kier alpha value is -2.38. The van der Waals surface area contributed by atoms with E-state index in [9.17, 15) is 9.59 Å². The van der Waals surface area contributed by atoms with Crippen molar-refractivity contribution in [3.8, 4) is 5.75 Å². The number of methoxy groups -OCH3 is 1. The van der Waals surface area contributed by atoms with E-state index in [1.165, 1.54) is 6.20 Å². The average Bonchev–Trinajstić information content (AvgIpc) is 2.66. The van der Waals surface area contributed by atoms with Crippen LogP contribution in [-0.4, -0.2) is 62.3 Å². The molecule has 1 fully saturated rings. The molecule has 3 rings (SSSR count). The van der Waals surface area contributed by atoms with Gasteiger partial charge in [-0.15, -0.1) is 0 Å². The highest BCUT2D eigenvalue weighted by Gasteiger charge is 2.15. The summed E-state index contributed by atoms with van der Waals surface area (Å²) in [6.07, 6.45) is 2.29. The molecule has 2 N–H and O–H groups in total. The average molecular weight is 345 g/mol. The Kier molecular flexibility index (Phi) is 5.67. The van der Waals surface area contributed by atoms with Crippen LogP contribution in [0, 0.1) is 0 Å². The first-order valence-corrected chi connectivity index (χ1v) is 8.47. The first-order chi connectivity index (χ1) is 12.2. The topological polar surface area (TPSA) is 83.7 Å². The number of aromatic nitrogens is 1. The predicted octanol–water partition coefficient (Wildman–Crippen LogP) is 0.989. The van der Waals surface area contributed by atoms with Gasteiger partial charge in [0.2, 0.25) is 5.43 Å². The molecule has 2 heterocycles. The summed E-state index contributed by atoms with van der Waals surface area (Å²) in [5.41, 5.74) is 0.421. The van der Waals surface area contributed by atoms with Gasteiger partial charge in [-0.2, -0.15) is 0 Å². The van der Waals surface area contributed by atoms with Gasteiger partial charge in [-0.1, -0.05) is 6.07 Å². The molecule has 134 valence electrons. The number of para-hydroxylation sites is 1. The molecule has 25 heavy (non-hydrogen) atoms. The lowest BCUT2D eigenvalue weighted by Gasteiger charge is -2.26. The van der Waals surface area contributed by atoms with E-state index in [4.69, 9.17) is 9.47 Å². The van der Waals surface area contributed by atoms with Gasteiger partial charge in [0.25, 0.3) is 5.91 Å². The van der Waals surface area contributed by atoms with Crippen molar-refractivity contribution in [2.45, 2.75) is 6.42 Å². The summed E-state index contributed by atoms with van der Waals surface area (Å²) >= 11 is 0. The Morgan fingerprint density at radius 2 is 2.16 bits per heavy atom. The molecule has 7 nitrogen and oxygen atoms in total. The number of amides is 1. The van der Waals surface area contributed by atoms with Gasteiger partial charge in [0.1, 0.15) is 11.3 Å². The van der Waals surface area contributed by atoms with Crippen molar-refractivity contribution < 1.29 is 14.3 Å². The highest BCUT2D eigenvalue weighted by atomic mass is 16.5. The predicted molar refractivity (Wildman–Crippen MR) is 95.3 cm³/mol. The van der Waals surface area contributed by atoms with Crippen LogP contribution in [0.4, 0.5) is 0 Å². The van der Waals surface area contributed by atoms with Crippen LogP contribution in [0.3, 0.4) is 0 Å². The smallest absolute Gasteiger partial charge is 0.256 e. The van der Waals surface area contributed by atoms with E-state index in [0.29, 0.717) is 23.2 Å². The fourth-order valence-corrected chi connectivity index (χ4v) is 2.99. The van der Waals surface area contributed by atoms with Gasteiger partial charge in [0, 0.05) is 25.8 Å². The molecule has 1 aromatic heterocycles. The Morgan fingerprint density at radius 3 is 2.92 bits per heavy atom. The molecule has 1 aromatic carbocycles. The first kappa shape index (κ1) is 17.4. The number of rotatable bonds is 6. The molecule has 0 saturated carbocycles. The monoisotopic (exact) mass is 345 g/mol. The number of H-pyrrole nitrogens is 1. The number of nitrogens with one attached hydrogen (secondary N) is 2. The fraction of sp³-hybridized carbons (Fsp3) is 0.444. The normalized spacial score (nSPS) is 15.2. The molecule has 0 aliphatic carbocycles. The number of morpholine rings is 1. The van der Waals surface area contributed by atoms with Crippen LogP contribution in [0.5, 0.6) is 5.75 Å². The van der Waals surface area contributed by atoms with Crippen molar-refractivity contribution in [1.29, 1.82) is 0 Å². The van der Waals surface area contributed by atoms with Gasteiger partial charge in [-0.05, 0) is 25.1 Å². The van der Waals surface area contributed by atoms with Crippen LogP contribution >= 0.6 is 0 Å². The Balaban J connectivity index is 1.62. The third-order valence-electron chi connectivity index (χ3n) is 4.38. The van der Waals surface area contributed by atoms with Crippen LogP contribution in [0.2, 0.25) is 0 Å². The zero-order chi connectivity index (χ0) is 17.6.